The summed E-state index contributed by atoms with van der Waals surface area (Å²) in [6.07, 6.45) is 1.83. The van der Waals surface area contributed by atoms with E-state index in [1.54, 1.807) is 6.92 Å². The van der Waals surface area contributed by atoms with Gasteiger partial charge in [0.15, 0.2) is 0 Å². The van der Waals surface area contributed by atoms with Crippen LogP contribution in [-0.2, 0) is 0 Å². The largest absolute Gasteiger partial charge is 0.392 e. The third-order valence-corrected chi connectivity index (χ3v) is 2.11. The van der Waals surface area contributed by atoms with Crippen molar-refractivity contribution in [2.24, 2.45) is 0 Å². The van der Waals surface area contributed by atoms with Gasteiger partial charge in [0.05, 0.1) is 6.10 Å². The molecule has 0 rings (SSSR count). The molecule has 0 amide bonds. The van der Waals surface area contributed by atoms with Crippen molar-refractivity contribution in [3.05, 3.63) is 0 Å². The molecule has 62 valence electrons. The van der Waals surface area contributed by atoms with Crippen LogP contribution in [0.1, 0.15) is 13.8 Å². The first-order valence-corrected chi connectivity index (χ1v) is 4.98. The first kappa shape index (κ1) is 10.3. The molecule has 10 heavy (non-hydrogen) atoms. The Bertz CT molecular complexity index is 78.0. The third-order valence-electron chi connectivity index (χ3n) is 1.50. The lowest BCUT2D eigenvalue weighted by Crippen LogP contribution is -2.36. The summed E-state index contributed by atoms with van der Waals surface area (Å²) in [6, 6.07) is 0.215. The molecule has 0 aromatic heterocycles. The van der Waals surface area contributed by atoms with Gasteiger partial charge in [-0.3, -0.25) is 0 Å². The molecule has 0 saturated carbocycles. The summed E-state index contributed by atoms with van der Waals surface area (Å²) < 4.78 is 0. The van der Waals surface area contributed by atoms with Crippen LogP contribution in [0.5, 0.6) is 0 Å². The molecule has 2 atom stereocenters. The predicted molar refractivity (Wildman–Crippen MR) is 47.5 cm³/mol. The number of nitrogens with one attached hydrogen (secondary N) is 1. The predicted octanol–water partition coefficient (Wildman–Crippen LogP) is 0.708. The number of thioether (sulfide) groups is 1. The van der Waals surface area contributed by atoms with Gasteiger partial charge in [0.2, 0.25) is 0 Å². The molecule has 0 aromatic rings. The van der Waals surface area contributed by atoms with E-state index in [0.717, 1.165) is 12.3 Å². The van der Waals surface area contributed by atoms with E-state index >= 15 is 0 Å². The highest BCUT2D eigenvalue weighted by atomic mass is 32.2. The van der Waals surface area contributed by atoms with E-state index < -0.39 is 0 Å². The van der Waals surface area contributed by atoms with Gasteiger partial charge in [0.1, 0.15) is 0 Å². The lowest BCUT2D eigenvalue weighted by atomic mass is 10.2. The number of aliphatic hydroxyl groups excluding tert-OH is 1. The molecule has 0 aliphatic heterocycles. The van der Waals surface area contributed by atoms with Gasteiger partial charge in [-0.15, -0.1) is 0 Å². The van der Waals surface area contributed by atoms with Crippen molar-refractivity contribution in [3.8, 4) is 0 Å². The molecule has 3 heteroatoms. The van der Waals surface area contributed by atoms with Crippen LogP contribution in [-0.4, -0.2) is 35.8 Å². The molecular formula is C7H17NOS. The molecule has 2 nitrogen and oxygen atoms in total. The maximum atomic E-state index is 9.05. The first-order valence-electron chi connectivity index (χ1n) is 3.59. The second-order valence-electron chi connectivity index (χ2n) is 2.48. The molecule has 0 aromatic carbocycles. The van der Waals surface area contributed by atoms with Gasteiger partial charge in [0, 0.05) is 18.3 Å². The Balaban J connectivity index is 3.13. The van der Waals surface area contributed by atoms with E-state index in [9.17, 15) is 0 Å². The van der Waals surface area contributed by atoms with E-state index in [1.807, 2.05) is 18.7 Å². The Morgan fingerprint density at radius 1 is 1.50 bits per heavy atom. The summed E-state index contributed by atoms with van der Waals surface area (Å²) in [7, 11) is 0. The van der Waals surface area contributed by atoms with Crippen molar-refractivity contribution in [2.45, 2.75) is 26.0 Å². The normalized spacial score (nSPS) is 16.8. The van der Waals surface area contributed by atoms with Crippen LogP contribution in [0, 0.1) is 0 Å². The second kappa shape index (κ2) is 6.01. The average molecular weight is 163 g/mol. The minimum atomic E-state index is -0.248. The Morgan fingerprint density at radius 3 is 2.50 bits per heavy atom. The van der Waals surface area contributed by atoms with Crippen LogP contribution in [0.3, 0.4) is 0 Å². The SMILES string of the molecule is CSCCNC(C)C(C)O. The topological polar surface area (TPSA) is 32.3 Å². The summed E-state index contributed by atoms with van der Waals surface area (Å²) in [6.45, 7) is 4.77. The van der Waals surface area contributed by atoms with Crippen molar-refractivity contribution < 1.29 is 5.11 Å². The smallest absolute Gasteiger partial charge is 0.0662 e. The van der Waals surface area contributed by atoms with E-state index in [-0.39, 0.29) is 12.1 Å². The highest BCUT2D eigenvalue weighted by Gasteiger charge is 2.05. The fraction of sp³-hybridized carbons (Fsp3) is 1.00. The maximum absolute atomic E-state index is 9.05. The fourth-order valence-electron chi connectivity index (χ4n) is 0.559. The van der Waals surface area contributed by atoms with Gasteiger partial charge in [0.25, 0.3) is 0 Å². The zero-order valence-electron chi connectivity index (χ0n) is 6.92. The van der Waals surface area contributed by atoms with Crippen LogP contribution in [0.15, 0.2) is 0 Å². The maximum Gasteiger partial charge on any atom is 0.0662 e. The van der Waals surface area contributed by atoms with Crippen LogP contribution in [0.25, 0.3) is 0 Å². The summed E-state index contributed by atoms with van der Waals surface area (Å²) in [5.74, 6) is 1.11. The number of hydrogen-bond acceptors (Lipinski definition) is 3. The van der Waals surface area contributed by atoms with Gasteiger partial charge in [-0.05, 0) is 20.1 Å². The second-order valence-corrected chi connectivity index (χ2v) is 3.46. The lowest BCUT2D eigenvalue weighted by Gasteiger charge is -2.15. The van der Waals surface area contributed by atoms with Crippen molar-refractivity contribution in [3.63, 3.8) is 0 Å². The lowest BCUT2D eigenvalue weighted by molar-refractivity contribution is 0.154. The number of hydrogen-bond donors (Lipinski definition) is 2. The highest BCUT2D eigenvalue weighted by molar-refractivity contribution is 7.98. The summed E-state index contributed by atoms with van der Waals surface area (Å²) >= 11 is 1.81. The average Bonchev–Trinajstić information content (AvgIpc) is 1.88. The number of aliphatic hydroxyl groups is 1. The molecule has 0 aliphatic rings. The summed E-state index contributed by atoms with van der Waals surface area (Å²) in [5, 5.41) is 12.3. The highest BCUT2D eigenvalue weighted by Crippen LogP contribution is 1.92. The van der Waals surface area contributed by atoms with Crippen molar-refractivity contribution in [1.82, 2.24) is 5.32 Å². The minimum Gasteiger partial charge on any atom is -0.392 e. The summed E-state index contributed by atoms with van der Waals surface area (Å²) in [4.78, 5) is 0. The third kappa shape index (κ3) is 5.09. The molecule has 0 radical (unpaired) electrons. The molecule has 0 fully saturated rings. The molecule has 2 N–H and O–H groups in total. The zero-order valence-corrected chi connectivity index (χ0v) is 7.74. The monoisotopic (exact) mass is 163 g/mol. The van der Waals surface area contributed by atoms with Crippen molar-refractivity contribution >= 4 is 11.8 Å². The van der Waals surface area contributed by atoms with E-state index in [4.69, 9.17) is 5.11 Å². The van der Waals surface area contributed by atoms with Gasteiger partial charge >= 0.3 is 0 Å². The zero-order chi connectivity index (χ0) is 7.98. The van der Waals surface area contributed by atoms with Crippen LogP contribution in [0.2, 0.25) is 0 Å². The van der Waals surface area contributed by atoms with Crippen molar-refractivity contribution in [1.29, 1.82) is 0 Å². The minimum absolute atomic E-state index is 0.215. The van der Waals surface area contributed by atoms with Crippen molar-refractivity contribution in [2.75, 3.05) is 18.6 Å². The van der Waals surface area contributed by atoms with Gasteiger partial charge in [-0.25, -0.2) is 0 Å². The standard InChI is InChI=1S/C7H17NOS/c1-6(7(2)9)8-4-5-10-3/h6-9H,4-5H2,1-3H3. The number of rotatable bonds is 5. The molecule has 0 bridgehead atoms. The van der Waals surface area contributed by atoms with Gasteiger partial charge in [-0.1, -0.05) is 0 Å². The molecule has 0 saturated heterocycles. The first-order chi connectivity index (χ1) is 4.68. The molecule has 0 spiro atoms. The van der Waals surface area contributed by atoms with E-state index in [0.29, 0.717) is 0 Å². The van der Waals surface area contributed by atoms with Gasteiger partial charge < -0.3 is 10.4 Å². The molecular weight excluding hydrogens is 146 g/mol. The van der Waals surface area contributed by atoms with Crippen LogP contribution >= 0.6 is 11.8 Å². The Labute approximate surface area is 67.4 Å². The van der Waals surface area contributed by atoms with Crippen LogP contribution in [0.4, 0.5) is 0 Å². The van der Waals surface area contributed by atoms with E-state index in [1.165, 1.54) is 0 Å². The van der Waals surface area contributed by atoms with Gasteiger partial charge in [-0.2, -0.15) is 11.8 Å². The Hall–Kier alpha value is 0.270. The Morgan fingerprint density at radius 2 is 2.10 bits per heavy atom. The molecule has 2 unspecified atom stereocenters. The molecule has 0 aliphatic carbocycles. The fourth-order valence-corrected chi connectivity index (χ4v) is 0.881. The van der Waals surface area contributed by atoms with Crippen LogP contribution < -0.4 is 5.32 Å². The molecule has 0 heterocycles. The Kier molecular flexibility index (Phi) is 6.17. The summed E-state index contributed by atoms with van der Waals surface area (Å²) in [5.41, 5.74) is 0. The quantitative estimate of drug-likeness (QED) is 0.585. The van der Waals surface area contributed by atoms with E-state index in [2.05, 4.69) is 11.6 Å².